The summed E-state index contributed by atoms with van der Waals surface area (Å²) >= 11 is 6.17. The molecule has 0 saturated heterocycles. The molecule has 0 saturated carbocycles. The number of halogens is 3. The lowest BCUT2D eigenvalue weighted by Gasteiger charge is -2.16. The first-order valence-corrected chi connectivity index (χ1v) is 9.42. The first-order chi connectivity index (χ1) is 14.4. The summed E-state index contributed by atoms with van der Waals surface area (Å²) in [5, 5.41) is 3.46. The van der Waals surface area contributed by atoms with Crippen molar-refractivity contribution in [3.05, 3.63) is 100 Å². The minimum atomic E-state index is -0.884. The predicted molar refractivity (Wildman–Crippen MR) is 112 cm³/mol. The Hall–Kier alpha value is -3.51. The van der Waals surface area contributed by atoms with E-state index in [1.54, 1.807) is 55.5 Å². The summed E-state index contributed by atoms with van der Waals surface area (Å²) in [6.45, 7) is 1.76. The zero-order chi connectivity index (χ0) is 21.4. The molecule has 1 aliphatic heterocycles. The minimum absolute atomic E-state index is 0.0415. The smallest absolute Gasteiger partial charge is 0.282 e. The standard InChI is InChI=1S/C23H15ClF2N2O2/c1-13-16(24)8-5-9-18(13)27-21-20(14-6-3-2-4-7-14)22(29)28(23(21)30)19-12-15(25)10-11-17(19)26/h2-12,27H,1H3. The molecule has 4 nitrogen and oxygen atoms in total. The van der Waals surface area contributed by atoms with Crippen LogP contribution in [0.2, 0.25) is 5.02 Å². The van der Waals surface area contributed by atoms with E-state index in [0.717, 1.165) is 18.2 Å². The monoisotopic (exact) mass is 424 g/mol. The van der Waals surface area contributed by atoms with Gasteiger partial charge in [-0.25, -0.2) is 13.7 Å². The van der Waals surface area contributed by atoms with Gasteiger partial charge in [-0.3, -0.25) is 9.59 Å². The van der Waals surface area contributed by atoms with Crippen molar-refractivity contribution in [2.45, 2.75) is 6.92 Å². The number of amides is 2. The van der Waals surface area contributed by atoms with Gasteiger partial charge in [-0.2, -0.15) is 0 Å². The zero-order valence-electron chi connectivity index (χ0n) is 15.7. The maximum absolute atomic E-state index is 14.4. The van der Waals surface area contributed by atoms with Gasteiger partial charge in [0.1, 0.15) is 17.3 Å². The van der Waals surface area contributed by atoms with E-state index in [1.807, 2.05) is 0 Å². The summed E-state index contributed by atoms with van der Waals surface area (Å²) in [7, 11) is 0. The lowest BCUT2D eigenvalue weighted by molar-refractivity contribution is -0.120. The van der Waals surface area contributed by atoms with Gasteiger partial charge < -0.3 is 5.32 Å². The normalized spacial score (nSPS) is 13.9. The Balaban J connectivity index is 1.87. The van der Waals surface area contributed by atoms with Gasteiger partial charge >= 0.3 is 0 Å². The summed E-state index contributed by atoms with van der Waals surface area (Å²) in [4.78, 5) is 27.1. The van der Waals surface area contributed by atoms with Crippen molar-refractivity contribution >= 4 is 40.4 Å². The average molecular weight is 425 g/mol. The number of benzene rings is 3. The Bertz CT molecular complexity index is 1210. The van der Waals surface area contributed by atoms with E-state index in [4.69, 9.17) is 11.6 Å². The molecule has 0 atom stereocenters. The number of rotatable bonds is 4. The number of hydrogen-bond donors (Lipinski definition) is 1. The quantitative estimate of drug-likeness (QED) is 0.576. The highest BCUT2D eigenvalue weighted by Crippen LogP contribution is 2.36. The van der Waals surface area contributed by atoms with Crippen molar-refractivity contribution in [3.8, 4) is 0 Å². The fourth-order valence-electron chi connectivity index (χ4n) is 3.27. The van der Waals surface area contributed by atoms with Crippen molar-refractivity contribution < 1.29 is 18.4 Å². The molecule has 7 heteroatoms. The highest BCUT2D eigenvalue weighted by atomic mass is 35.5. The number of nitrogens with one attached hydrogen (secondary N) is 1. The van der Waals surface area contributed by atoms with Crippen LogP contribution in [0.1, 0.15) is 11.1 Å². The lowest BCUT2D eigenvalue weighted by atomic mass is 10.0. The third-order valence-electron chi connectivity index (χ3n) is 4.82. The van der Waals surface area contributed by atoms with E-state index >= 15 is 0 Å². The van der Waals surface area contributed by atoms with E-state index in [-0.39, 0.29) is 11.3 Å². The number of hydrogen-bond acceptors (Lipinski definition) is 3. The van der Waals surface area contributed by atoms with Crippen LogP contribution in [0.4, 0.5) is 20.2 Å². The fraction of sp³-hybridized carbons (Fsp3) is 0.0435. The van der Waals surface area contributed by atoms with Crippen LogP contribution in [0.3, 0.4) is 0 Å². The van der Waals surface area contributed by atoms with Crippen molar-refractivity contribution in [1.29, 1.82) is 0 Å². The van der Waals surface area contributed by atoms with Gasteiger partial charge in [0.25, 0.3) is 11.8 Å². The Morgan fingerprint density at radius 2 is 1.63 bits per heavy atom. The summed E-state index contributed by atoms with van der Waals surface area (Å²) < 4.78 is 28.2. The van der Waals surface area contributed by atoms with E-state index in [2.05, 4.69) is 5.32 Å². The Morgan fingerprint density at radius 3 is 2.37 bits per heavy atom. The molecular formula is C23H15ClF2N2O2. The molecular weight excluding hydrogens is 410 g/mol. The average Bonchev–Trinajstić information content (AvgIpc) is 2.97. The van der Waals surface area contributed by atoms with Crippen molar-refractivity contribution in [1.82, 2.24) is 0 Å². The van der Waals surface area contributed by atoms with E-state index in [0.29, 0.717) is 26.7 Å². The Morgan fingerprint density at radius 1 is 0.900 bits per heavy atom. The molecule has 4 rings (SSSR count). The van der Waals surface area contributed by atoms with Gasteiger partial charge in [0, 0.05) is 16.8 Å². The molecule has 1 heterocycles. The van der Waals surface area contributed by atoms with Crippen LogP contribution in [0.15, 0.2) is 72.4 Å². The predicted octanol–water partition coefficient (Wildman–Crippen LogP) is 5.32. The van der Waals surface area contributed by atoms with Crippen LogP contribution in [0, 0.1) is 18.6 Å². The molecule has 0 spiro atoms. The molecule has 30 heavy (non-hydrogen) atoms. The van der Waals surface area contributed by atoms with Crippen molar-refractivity contribution in [2.24, 2.45) is 0 Å². The first kappa shape index (κ1) is 19.8. The van der Waals surface area contributed by atoms with Crippen LogP contribution in [-0.2, 0) is 9.59 Å². The molecule has 0 bridgehead atoms. The molecule has 3 aromatic carbocycles. The maximum atomic E-state index is 14.4. The molecule has 0 aromatic heterocycles. The second-order valence-corrected chi connectivity index (χ2v) is 7.10. The van der Waals surface area contributed by atoms with Crippen molar-refractivity contribution in [3.63, 3.8) is 0 Å². The molecule has 0 radical (unpaired) electrons. The lowest BCUT2D eigenvalue weighted by Crippen LogP contribution is -2.33. The molecule has 0 fully saturated rings. The second-order valence-electron chi connectivity index (χ2n) is 6.69. The summed E-state index contributed by atoms with van der Waals surface area (Å²) in [6, 6.07) is 16.3. The molecule has 1 N–H and O–H groups in total. The van der Waals surface area contributed by atoms with Gasteiger partial charge in [0.2, 0.25) is 0 Å². The topological polar surface area (TPSA) is 49.4 Å². The maximum Gasteiger partial charge on any atom is 0.282 e. The molecule has 0 unspecified atom stereocenters. The van der Waals surface area contributed by atoms with E-state index in [1.165, 1.54) is 0 Å². The first-order valence-electron chi connectivity index (χ1n) is 9.04. The third kappa shape index (κ3) is 3.35. The minimum Gasteiger partial charge on any atom is -0.350 e. The van der Waals surface area contributed by atoms with Crippen LogP contribution >= 0.6 is 11.6 Å². The van der Waals surface area contributed by atoms with Gasteiger partial charge in [-0.15, -0.1) is 0 Å². The number of nitrogens with zero attached hydrogens (tertiary/aromatic N) is 1. The van der Waals surface area contributed by atoms with E-state index < -0.39 is 29.1 Å². The summed E-state index contributed by atoms with van der Waals surface area (Å²) in [5.41, 5.74) is 1.24. The molecule has 1 aliphatic rings. The number of carbonyl (C=O) groups excluding carboxylic acids is 2. The largest absolute Gasteiger partial charge is 0.350 e. The van der Waals surface area contributed by atoms with Crippen LogP contribution in [0.5, 0.6) is 0 Å². The third-order valence-corrected chi connectivity index (χ3v) is 5.23. The highest BCUT2D eigenvalue weighted by Gasteiger charge is 2.41. The van der Waals surface area contributed by atoms with Crippen LogP contribution in [0.25, 0.3) is 5.57 Å². The Kier molecular flexibility index (Phi) is 5.10. The number of carbonyl (C=O) groups is 2. The molecule has 2 amide bonds. The summed E-state index contributed by atoms with van der Waals surface area (Å²) in [6.07, 6.45) is 0. The second kappa shape index (κ2) is 7.72. The molecule has 3 aromatic rings. The van der Waals surface area contributed by atoms with Gasteiger partial charge in [0.15, 0.2) is 0 Å². The molecule has 0 aliphatic carbocycles. The van der Waals surface area contributed by atoms with Crippen LogP contribution in [-0.4, -0.2) is 11.8 Å². The zero-order valence-corrected chi connectivity index (χ0v) is 16.5. The fourth-order valence-corrected chi connectivity index (χ4v) is 3.45. The van der Waals surface area contributed by atoms with Crippen molar-refractivity contribution in [2.75, 3.05) is 10.2 Å². The SMILES string of the molecule is Cc1c(Cl)cccc1NC1=C(c2ccccc2)C(=O)N(c2cc(F)ccc2F)C1=O. The van der Waals surface area contributed by atoms with E-state index in [9.17, 15) is 18.4 Å². The highest BCUT2D eigenvalue weighted by molar-refractivity contribution is 6.46. The number of imide groups is 1. The molecule has 150 valence electrons. The van der Waals surface area contributed by atoms with Crippen LogP contribution < -0.4 is 10.2 Å². The van der Waals surface area contributed by atoms with Gasteiger partial charge in [0.05, 0.1) is 11.3 Å². The summed E-state index contributed by atoms with van der Waals surface area (Å²) in [5.74, 6) is -3.19. The van der Waals surface area contributed by atoms with Gasteiger partial charge in [-0.1, -0.05) is 48.0 Å². The number of anilines is 2. The van der Waals surface area contributed by atoms with Gasteiger partial charge in [-0.05, 0) is 42.3 Å². The Labute approximate surface area is 176 Å².